The van der Waals surface area contributed by atoms with E-state index in [4.69, 9.17) is 0 Å². The molecule has 21 heavy (non-hydrogen) atoms. The van der Waals surface area contributed by atoms with Gasteiger partial charge in [-0.25, -0.2) is 0 Å². The average Bonchev–Trinajstić information content (AvgIpc) is 2.53. The number of hydrogen-bond acceptors (Lipinski definition) is 2. The predicted molar refractivity (Wildman–Crippen MR) is 87.9 cm³/mol. The molecular weight excluding hydrogens is 258 g/mol. The molecule has 2 heteroatoms. The minimum Gasteiger partial charge on any atom is -0.384 e. The Hall–Kier alpha value is -1.93. The Morgan fingerprint density at radius 2 is 2.00 bits per heavy atom. The van der Waals surface area contributed by atoms with Crippen LogP contribution in [0.1, 0.15) is 49.0 Å². The number of aliphatic hydroxyl groups excluding tert-OH is 1. The molecule has 2 nitrogen and oxygen atoms in total. The van der Waals surface area contributed by atoms with Crippen LogP contribution < -0.4 is 0 Å². The molecule has 0 aliphatic heterocycles. The zero-order valence-electron chi connectivity index (χ0n) is 12.8. The van der Waals surface area contributed by atoms with Crippen molar-refractivity contribution < 1.29 is 5.11 Å². The fourth-order valence-electron chi connectivity index (χ4n) is 2.30. The van der Waals surface area contributed by atoms with Crippen LogP contribution in [0.25, 0.3) is 6.08 Å². The molecule has 0 aliphatic rings. The number of hydrogen-bond donors (Lipinski definition) is 1. The van der Waals surface area contributed by atoms with Crippen LogP contribution in [0.15, 0.2) is 54.4 Å². The van der Waals surface area contributed by atoms with Gasteiger partial charge in [0.05, 0.1) is 0 Å². The molecule has 0 radical (unpaired) electrons. The minimum absolute atomic E-state index is 0.577. The summed E-state index contributed by atoms with van der Waals surface area (Å²) in [5.74, 6) is 0. The normalized spacial score (nSPS) is 13.2. The van der Waals surface area contributed by atoms with Crippen molar-refractivity contribution in [3.05, 3.63) is 71.1 Å². The molecule has 1 unspecified atom stereocenters. The quantitative estimate of drug-likeness (QED) is 0.832. The highest BCUT2D eigenvalue weighted by molar-refractivity contribution is 5.55. The van der Waals surface area contributed by atoms with Crippen molar-refractivity contribution in [1.29, 1.82) is 0 Å². The summed E-state index contributed by atoms with van der Waals surface area (Å²) >= 11 is 0. The van der Waals surface area contributed by atoms with Gasteiger partial charge in [0.25, 0.3) is 0 Å². The first-order chi connectivity index (χ1) is 10.2. The third-order valence-corrected chi connectivity index (χ3v) is 3.60. The molecule has 0 spiro atoms. The van der Waals surface area contributed by atoms with Gasteiger partial charge in [-0.2, -0.15) is 0 Å². The maximum Gasteiger partial charge on any atom is 0.102 e. The molecular formula is C19H23NO. The number of pyridine rings is 1. The summed E-state index contributed by atoms with van der Waals surface area (Å²) < 4.78 is 0. The number of rotatable bonds is 6. The number of aromatic nitrogens is 1. The zero-order chi connectivity index (χ0) is 15.1. The van der Waals surface area contributed by atoms with E-state index in [1.54, 1.807) is 12.4 Å². The highest BCUT2D eigenvalue weighted by atomic mass is 16.3. The van der Waals surface area contributed by atoms with E-state index >= 15 is 0 Å². The molecule has 0 aliphatic carbocycles. The summed E-state index contributed by atoms with van der Waals surface area (Å²) in [6.07, 6.45) is 8.09. The van der Waals surface area contributed by atoms with E-state index in [1.165, 1.54) is 5.56 Å². The van der Waals surface area contributed by atoms with E-state index in [0.29, 0.717) is 0 Å². The molecule has 110 valence electrons. The lowest BCUT2D eigenvalue weighted by molar-refractivity contribution is 0.211. The maximum atomic E-state index is 10.6. The SMILES string of the molecule is CCCC/C(=C/c1ccc(C)cc1)C(O)c1cccnc1. The van der Waals surface area contributed by atoms with E-state index in [0.717, 1.165) is 36.0 Å². The van der Waals surface area contributed by atoms with Crippen molar-refractivity contribution in [2.75, 3.05) is 0 Å². The third kappa shape index (κ3) is 4.54. The third-order valence-electron chi connectivity index (χ3n) is 3.60. The summed E-state index contributed by atoms with van der Waals surface area (Å²) in [4.78, 5) is 4.10. The van der Waals surface area contributed by atoms with Crippen LogP contribution in [0.3, 0.4) is 0 Å². The maximum absolute atomic E-state index is 10.6. The van der Waals surface area contributed by atoms with Crippen LogP contribution in [0.5, 0.6) is 0 Å². The first kappa shape index (κ1) is 15.5. The second-order valence-electron chi connectivity index (χ2n) is 5.42. The topological polar surface area (TPSA) is 33.1 Å². The molecule has 1 heterocycles. The molecule has 1 aromatic carbocycles. The fourth-order valence-corrected chi connectivity index (χ4v) is 2.30. The summed E-state index contributed by atoms with van der Waals surface area (Å²) in [6, 6.07) is 12.2. The van der Waals surface area contributed by atoms with Gasteiger partial charge >= 0.3 is 0 Å². The Morgan fingerprint density at radius 3 is 2.62 bits per heavy atom. The fraction of sp³-hybridized carbons (Fsp3) is 0.316. The average molecular weight is 281 g/mol. The van der Waals surface area contributed by atoms with E-state index in [9.17, 15) is 5.11 Å². The van der Waals surface area contributed by atoms with E-state index in [1.807, 2.05) is 12.1 Å². The Kier molecular flexibility index (Phi) is 5.70. The van der Waals surface area contributed by atoms with Gasteiger partial charge in [0.2, 0.25) is 0 Å². The largest absolute Gasteiger partial charge is 0.384 e. The van der Waals surface area contributed by atoms with Crippen molar-refractivity contribution in [3.8, 4) is 0 Å². The molecule has 1 N–H and O–H groups in total. The molecule has 1 aromatic heterocycles. The van der Waals surface area contributed by atoms with Gasteiger partial charge in [-0.3, -0.25) is 4.98 Å². The van der Waals surface area contributed by atoms with Gasteiger partial charge in [-0.15, -0.1) is 0 Å². The Bertz CT molecular complexity index is 572. The van der Waals surface area contributed by atoms with E-state index in [2.05, 4.69) is 49.2 Å². The van der Waals surface area contributed by atoms with Gasteiger partial charge in [-0.05, 0) is 37.0 Å². The van der Waals surface area contributed by atoms with Crippen molar-refractivity contribution in [3.63, 3.8) is 0 Å². The monoisotopic (exact) mass is 281 g/mol. The van der Waals surface area contributed by atoms with E-state index < -0.39 is 6.10 Å². The number of aliphatic hydroxyl groups is 1. The van der Waals surface area contributed by atoms with Gasteiger partial charge in [0, 0.05) is 18.0 Å². The van der Waals surface area contributed by atoms with Crippen LogP contribution in [0.2, 0.25) is 0 Å². The van der Waals surface area contributed by atoms with E-state index in [-0.39, 0.29) is 0 Å². The molecule has 0 fully saturated rings. The number of unbranched alkanes of at least 4 members (excludes halogenated alkanes) is 1. The lowest BCUT2D eigenvalue weighted by atomic mass is 9.96. The van der Waals surface area contributed by atoms with Crippen LogP contribution in [-0.2, 0) is 0 Å². The molecule has 1 atom stereocenters. The Balaban J connectivity index is 2.27. The lowest BCUT2D eigenvalue weighted by Crippen LogP contribution is -2.02. The van der Waals surface area contributed by atoms with Crippen LogP contribution in [-0.4, -0.2) is 10.1 Å². The number of nitrogens with zero attached hydrogens (tertiary/aromatic N) is 1. The molecule has 2 rings (SSSR count). The van der Waals surface area contributed by atoms with Crippen LogP contribution >= 0.6 is 0 Å². The first-order valence-electron chi connectivity index (χ1n) is 7.56. The lowest BCUT2D eigenvalue weighted by Gasteiger charge is -2.15. The second-order valence-corrected chi connectivity index (χ2v) is 5.42. The molecule has 0 saturated carbocycles. The van der Waals surface area contributed by atoms with Crippen LogP contribution in [0.4, 0.5) is 0 Å². The Labute approximate surface area is 127 Å². The second kappa shape index (κ2) is 7.75. The summed E-state index contributed by atoms with van der Waals surface area (Å²) in [7, 11) is 0. The summed E-state index contributed by atoms with van der Waals surface area (Å²) in [6.45, 7) is 4.25. The highest BCUT2D eigenvalue weighted by Crippen LogP contribution is 2.27. The van der Waals surface area contributed by atoms with Crippen molar-refractivity contribution in [1.82, 2.24) is 4.98 Å². The van der Waals surface area contributed by atoms with Crippen molar-refractivity contribution in [2.24, 2.45) is 0 Å². The zero-order valence-corrected chi connectivity index (χ0v) is 12.8. The highest BCUT2D eigenvalue weighted by Gasteiger charge is 2.13. The smallest absolute Gasteiger partial charge is 0.102 e. The number of benzene rings is 1. The Morgan fingerprint density at radius 1 is 1.24 bits per heavy atom. The van der Waals surface area contributed by atoms with Crippen LogP contribution in [0, 0.1) is 6.92 Å². The van der Waals surface area contributed by atoms with Crippen molar-refractivity contribution in [2.45, 2.75) is 39.2 Å². The standard InChI is InChI=1S/C19H23NO/c1-3-4-6-17(13-16-10-8-15(2)9-11-16)19(21)18-7-5-12-20-14-18/h5,7-14,19,21H,3-4,6H2,1-2H3/b17-13-. The van der Waals surface area contributed by atoms with Gasteiger partial charge in [0.15, 0.2) is 0 Å². The first-order valence-corrected chi connectivity index (χ1v) is 7.56. The molecule has 0 bridgehead atoms. The van der Waals surface area contributed by atoms with Gasteiger partial charge in [0.1, 0.15) is 6.10 Å². The molecule has 0 saturated heterocycles. The van der Waals surface area contributed by atoms with Gasteiger partial charge < -0.3 is 5.11 Å². The predicted octanol–water partition coefficient (Wildman–Crippen LogP) is 4.70. The minimum atomic E-state index is -0.577. The molecule has 0 amide bonds. The molecule has 2 aromatic rings. The summed E-state index contributed by atoms with van der Waals surface area (Å²) in [5, 5.41) is 10.6. The summed E-state index contributed by atoms with van der Waals surface area (Å²) in [5.41, 5.74) is 4.28. The number of aryl methyl sites for hydroxylation is 1. The van der Waals surface area contributed by atoms with Crippen molar-refractivity contribution >= 4 is 6.08 Å². The van der Waals surface area contributed by atoms with Gasteiger partial charge in [-0.1, -0.05) is 55.3 Å².